The largest absolute Gasteiger partial charge is 0.353 e. The average Bonchev–Trinajstić information content (AvgIpc) is 2.72. The molecular formula is C15H22N2O3. The fourth-order valence-electron chi connectivity index (χ4n) is 4.83. The SMILES string of the molecule is O=C(CN1CCCC1=O)NC12C[C@@H]3CC(C[C@@H](C3)C1)O2. The summed E-state index contributed by atoms with van der Waals surface area (Å²) in [5, 5.41) is 3.12. The Bertz CT molecular complexity index is 413. The second-order valence-electron chi connectivity index (χ2n) is 7.05. The molecular weight excluding hydrogens is 256 g/mol. The van der Waals surface area contributed by atoms with Crippen LogP contribution in [0.2, 0.25) is 0 Å². The Labute approximate surface area is 119 Å². The van der Waals surface area contributed by atoms with Gasteiger partial charge in [-0.1, -0.05) is 0 Å². The smallest absolute Gasteiger partial charge is 0.241 e. The Morgan fingerprint density at radius 2 is 2.05 bits per heavy atom. The molecule has 5 aliphatic rings. The highest BCUT2D eigenvalue weighted by atomic mass is 16.5. The van der Waals surface area contributed by atoms with Gasteiger partial charge in [0.05, 0.1) is 12.6 Å². The molecule has 2 amide bonds. The third kappa shape index (κ3) is 2.12. The molecule has 5 rings (SSSR count). The second kappa shape index (κ2) is 4.45. The quantitative estimate of drug-likeness (QED) is 0.839. The van der Waals surface area contributed by atoms with Crippen molar-refractivity contribution in [2.75, 3.05) is 13.1 Å². The number of amides is 2. The molecule has 4 atom stereocenters. The molecule has 110 valence electrons. The molecule has 2 aliphatic carbocycles. The van der Waals surface area contributed by atoms with Crippen molar-refractivity contribution in [3.8, 4) is 0 Å². The molecule has 5 fully saturated rings. The van der Waals surface area contributed by atoms with E-state index in [1.165, 1.54) is 19.3 Å². The molecule has 0 radical (unpaired) electrons. The molecule has 0 aromatic heterocycles. The van der Waals surface area contributed by atoms with Crippen molar-refractivity contribution < 1.29 is 14.3 Å². The Morgan fingerprint density at radius 3 is 2.65 bits per heavy atom. The monoisotopic (exact) mass is 278 g/mol. The number of likely N-dealkylation sites (tertiary alicyclic amines) is 1. The lowest BCUT2D eigenvalue weighted by molar-refractivity contribution is -0.233. The van der Waals surface area contributed by atoms with Gasteiger partial charge in [-0.15, -0.1) is 0 Å². The maximum absolute atomic E-state index is 12.2. The van der Waals surface area contributed by atoms with E-state index in [4.69, 9.17) is 4.74 Å². The van der Waals surface area contributed by atoms with Crippen LogP contribution in [0.25, 0.3) is 0 Å². The lowest BCUT2D eigenvalue weighted by Crippen LogP contribution is -2.64. The molecule has 3 aliphatic heterocycles. The molecule has 5 heteroatoms. The fourth-order valence-corrected chi connectivity index (χ4v) is 4.83. The molecule has 20 heavy (non-hydrogen) atoms. The molecule has 1 N–H and O–H groups in total. The van der Waals surface area contributed by atoms with Gasteiger partial charge < -0.3 is 15.0 Å². The minimum atomic E-state index is -0.422. The first-order valence-corrected chi connectivity index (χ1v) is 7.88. The third-order valence-corrected chi connectivity index (χ3v) is 5.36. The van der Waals surface area contributed by atoms with Crippen LogP contribution in [-0.4, -0.2) is 41.6 Å². The van der Waals surface area contributed by atoms with Crippen molar-refractivity contribution in [2.45, 2.75) is 56.8 Å². The Kier molecular flexibility index (Phi) is 2.81. The number of hydrogen-bond acceptors (Lipinski definition) is 3. The zero-order valence-corrected chi connectivity index (χ0v) is 11.8. The molecule has 4 bridgehead atoms. The van der Waals surface area contributed by atoms with Crippen LogP contribution in [0, 0.1) is 11.8 Å². The van der Waals surface area contributed by atoms with Crippen LogP contribution in [0.4, 0.5) is 0 Å². The van der Waals surface area contributed by atoms with Gasteiger partial charge in [0, 0.05) is 13.0 Å². The molecule has 2 unspecified atom stereocenters. The topological polar surface area (TPSA) is 58.6 Å². The van der Waals surface area contributed by atoms with Gasteiger partial charge in [0.2, 0.25) is 11.8 Å². The number of nitrogens with one attached hydrogen (secondary N) is 1. The van der Waals surface area contributed by atoms with Crippen LogP contribution in [-0.2, 0) is 14.3 Å². The van der Waals surface area contributed by atoms with Crippen molar-refractivity contribution >= 4 is 11.8 Å². The minimum Gasteiger partial charge on any atom is -0.353 e. The summed E-state index contributed by atoms with van der Waals surface area (Å²) in [6.45, 7) is 0.915. The maximum atomic E-state index is 12.2. The number of ether oxygens (including phenoxy) is 1. The lowest BCUT2D eigenvalue weighted by atomic mass is 9.65. The Hall–Kier alpha value is -1.10. The van der Waals surface area contributed by atoms with E-state index in [0.29, 0.717) is 19.1 Å². The highest BCUT2D eigenvalue weighted by Gasteiger charge is 2.52. The number of carbonyl (C=O) groups excluding carboxylic acids is 2. The van der Waals surface area contributed by atoms with Crippen LogP contribution in [0.3, 0.4) is 0 Å². The van der Waals surface area contributed by atoms with E-state index in [-0.39, 0.29) is 18.4 Å². The van der Waals surface area contributed by atoms with Crippen molar-refractivity contribution in [1.29, 1.82) is 0 Å². The summed E-state index contributed by atoms with van der Waals surface area (Å²) in [5.74, 6) is 1.48. The molecule has 3 saturated heterocycles. The molecule has 0 aromatic carbocycles. The van der Waals surface area contributed by atoms with Crippen molar-refractivity contribution in [1.82, 2.24) is 10.2 Å². The lowest BCUT2D eigenvalue weighted by Gasteiger charge is -2.56. The number of nitrogens with zero attached hydrogens (tertiary/aromatic N) is 1. The zero-order chi connectivity index (χ0) is 13.7. The van der Waals surface area contributed by atoms with Gasteiger partial charge in [0.1, 0.15) is 5.72 Å². The normalized spacial score (nSPS) is 42.3. The van der Waals surface area contributed by atoms with Gasteiger partial charge in [-0.3, -0.25) is 9.59 Å². The minimum absolute atomic E-state index is 0.0535. The summed E-state index contributed by atoms with van der Waals surface area (Å²) in [7, 11) is 0. The predicted octanol–water partition coefficient (Wildman–Crippen LogP) is 1.03. The van der Waals surface area contributed by atoms with Crippen molar-refractivity contribution in [3.05, 3.63) is 0 Å². The van der Waals surface area contributed by atoms with Gasteiger partial charge in [-0.25, -0.2) is 0 Å². The highest BCUT2D eigenvalue weighted by molar-refractivity contribution is 5.86. The summed E-state index contributed by atoms with van der Waals surface area (Å²) in [6.07, 6.45) is 7.36. The first kappa shape index (κ1) is 12.6. The zero-order valence-electron chi connectivity index (χ0n) is 11.8. The highest BCUT2D eigenvalue weighted by Crippen LogP contribution is 2.51. The summed E-state index contributed by atoms with van der Waals surface area (Å²) < 4.78 is 6.14. The van der Waals surface area contributed by atoms with Crippen LogP contribution in [0.1, 0.15) is 44.9 Å². The summed E-state index contributed by atoms with van der Waals surface area (Å²) in [6, 6.07) is 0. The van der Waals surface area contributed by atoms with Crippen LogP contribution in [0.5, 0.6) is 0 Å². The van der Waals surface area contributed by atoms with Crippen molar-refractivity contribution in [2.24, 2.45) is 11.8 Å². The number of rotatable bonds is 3. The molecule has 0 aromatic rings. The Morgan fingerprint density at radius 1 is 1.30 bits per heavy atom. The van der Waals surface area contributed by atoms with E-state index in [1.807, 2.05) is 0 Å². The summed E-state index contributed by atoms with van der Waals surface area (Å²) in [4.78, 5) is 25.5. The Balaban J connectivity index is 1.41. The summed E-state index contributed by atoms with van der Waals surface area (Å²) in [5.41, 5.74) is -0.422. The van der Waals surface area contributed by atoms with Gasteiger partial charge in [-0.2, -0.15) is 0 Å². The second-order valence-corrected chi connectivity index (χ2v) is 7.05. The van der Waals surface area contributed by atoms with Gasteiger partial charge in [0.25, 0.3) is 0 Å². The number of hydrogen-bond donors (Lipinski definition) is 1. The van der Waals surface area contributed by atoms with Crippen LogP contribution in [0.15, 0.2) is 0 Å². The van der Waals surface area contributed by atoms with E-state index in [2.05, 4.69) is 5.32 Å². The molecule has 5 nitrogen and oxygen atoms in total. The maximum Gasteiger partial charge on any atom is 0.241 e. The van der Waals surface area contributed by atoms with E-state index in [9.17, 15) is 9.59 Å². The van der Waals surface area contributed by atoms with E-state index in [0.717, 1.165) is 31.1 Å². The van der Waals surface area contributed by atoms with E-state index in [1.54, 1.807) is 4.90 Å². The van der Waals surface area contributed by atoms with E-state index < -0.39 is 5.72 Å². The van der Waals surface area contributed by atoms with Crippen LogP contribution < -0.4 is 5.32 Å². The first-order chi connectivity index (χ1) is 9.62. The first-order valence-electron chi connectivity index (χ1n) is 7.88. The average molecular weight is 278 g/mol. The van der Waals surface area contributed by atoms with Gasteiger partial charge >= 0.3 is 0 Å². The predicted molar refractivity (Wildman–Crippen MR) is 71.6 cm³/mol. The van der Waals surface area contributed by atoms with Gasteiger partial charge in [-0.05, 0) is 50.4 Å². The fraction of sp³-hybridized carbons (Fsp3) is 0.867. The number of carbonyl (C=O) groups is 2. The molecule has 2 saturated carbocycles. The molecule has 0 spiro atoms. The molecule has 3 heterocycles. The van der Waals surface area contributed by atoms with Crippen LogP contribution >= 0.6 is 0 Å². The van der Waals surface area contributed by atoms with E-state index >= 15 is 0 Å². The summed E-state index contributed by atoms with van der Waals surface area (Å²) >= 11 is 0. The van der Waals surface area contributed by atoms with Gasteiger partial charge in [0.15, 0.2) is 0 Å². The standard InChI is InChI=1S/C15H22N2O3/c18-13(9-17-3-1-2-14(17)19)16-15-7-10-4-11(8-15)6-12(5-10)20-15/h10-12H,1-9H2,(H,16,18)/t10-,11+,12?,15?. The van der Waals surface area contributed by atoms with Crippen molar-refractivity contribution in [3.63, 3.8) is 0 Å². The third-order valence-electron chi connectivity index (χ3n) is 5.36.